The first-order chi connectivity index (χ1) is 15.5. The van der Waals surface area contributed by atoms with Crippen LogP contribution in [0.25, 0.3) is 0 Å². The molecular formula is C26H25N3O3. The lowest BCUT2D eigenvalue weighted by Gasteiger charge is -2.27. The number of amides is 2. The van der Waals surface area contributed by atoms with Crippen molar-refractivity contribution in [1.82, 2.24) is 5.43 Å². The van der Waals surface area contributed by atoms with Crippen LogP contribution in [0.3, 0.4) is 0 Å². The first-order valence-electron chi connectivity index (χ1n) is 10.6. The highest BCUT2D eigenvalue weighted by molar-refractivity contribution is 6.02. The van der Waals surface area contributed by atoms with E-state index in [-0.39, 0.29) is 11.8 Å². The van der Waals surface area contributed by atoms with Crippen molar-refractivity contribution in [2.45, 2.75) is 25.4 Å². The molecule has 1 fully saturated rings. The Bertz CT molecular complexity index is 1100. The normalized spacial score (nSPS) is 14.0. The summed E-state index contributed by atoms with van der Waals surface area (Å²) < 4.78 is 0. The molecule has 2 amide bonds. The molecule has 0 atom stereocenters. The minimum Gasteiger partial charge on any atom is -0.372 e. The Morgan fingerprint density at radius 2 is 1.50 bits per heavy atom. The predicted molar refractivity (Wildman–Crippen MR) is 124 cm³/mol. The van der Waals surface area contributed by atoms with Crippen LogP contribution in [0.2, 0.25) is 0 Å². The molecule has 1 aliphatic carbocycles. The van der Waals surface area contributed by atoms with Gasteiger partial charge >= 0.3 is 0 Å². The Kier molecular flexibility index (Phi) is 6.14. The van der Waals surface area contributed by atoms with Crippen molar-refractivity contribution in [1.29, 1.82) is 0 Å². The molecule has 1 saturated carbocycles. The number of rotatable bonds is 7. The Labute approximate surface area is 187 Å². The van der Waals surface area contributed by atoms with E-state index in [2.05, 4.69) is 15.8 Å². The van der Waals surface area contributed by atoms with Crippen LogP contribution in [0, 0.1) is 5.92 Å². The minimum atomic E-state index is -1.90. The summed E-state index contributed by atoms with van der Waals surface area (Å²) in [5.41, 5.74) is 3.50. The summed E-state index contributed by atoms with van der Waals surface area (Å²) in [7, 11) is 0. The van der Waals surface area contributed by atoms with Gasteiger partial charge in [-0.2, -0.15) is 5.10 Å². The fraction of sp³-hybridized carbons (Fsp3) is 0.192. The first-order valence-corrected chi connectivity index (χ1v) is 10.6. The standard InChI is InChI=1S/C26H25N3O3/c1-18(20-9-8-14-23(17-20)27-24(30)19-15-16-19)28-29-25(31)26(32,21-10-4-2-5-11-21)22-12-6-3-7-13-22/h2-14,17,19,32H,15-16H2,1H3,(H,27,30)(H,29,31). The maximum atomic E-state index is 13.2. The molecule has 0 aliphatic heterocycles. The summed E-state index contributed by atoms with van der Waals surface area (Å²) in [5.74, 6) is -0.519. The molecule has 0 unspecified atom stereocenters. The van der Waals surface area contributed by atoms with Crippen LogP contribution in [-0.2, 0) is 15.2 Å². The van der Waals surface area contributed by atoms with Crippen LogP contribution in [0.5, 0.6) is 0 Å². The highest BCUT2D eigenvalue weighted by Crippen LogP contribution is 2.31. The molecule has 0 spiro atoms. The van der Waals surface area contributed by atoms with Gasteiger partial charge in [-0.3, -0.25) is 9.59 Å². The summed E-state index contributed by atoms with van der Waals surface area (Å²) in [6.45, 7) is 1.76. The number of hydrogen-bond acceptors (Lipinski definition) is 4. The van der Waals surface area contributed by atoms with Crippen LogP contribution in [0.4, 0.5) is 5.69 Å². The Morgan fingerprint density at radius 1 is 0.906 bits per heavy atom. The van der Waals surface area contributed by atoms with Gasteiger partial charge < -0.3 is 10.4 Å². The average molecular weight is 428 g/mol. The molecule has 6 heteroatoms. The third kappa shape index (κ3) is 4.60. The minimum absolute atomic E-state index is 0.0285. The number of anilines is 1. The summed E-state index contributed by atoms with van der Waals surface area (Å²) in [6.07, 6.45) is 1.87. The summed E-state index contributed by atoms with van der Waals surface area (Å²) in [6, 6.07) is 24.8. The topological polar surface area (TPSA) is 90.8 Å². The van der Waals surface area contributed by atoms with Crippen molar-refractivity contribution in [3.05, 3.63) is 102 Å². The fourth-order valence-corrected chi connectivity index (χ4v) is 3.48. The van der Waals surface area contributed by atoms with Gasteiger partial charge in [0, 0.05) is 11.6 Å². The molecule has 3 aromatic rings. The quantitative estimate of drug-likeness (QED) is 0.396. The number of hydrogen-bond donors (Lipinski definition) is 3. The van der Waals surface area contributed by atoms with Crippen molar-refractivity contribution in [3.8, 4) is 0 Å². The van der Waals surface area contributed by atoms with E-state index >= 15 is 0 Å². The van der Waals surface area contributed by atoms with E-state index in [0.29, 0.717) is 22.5 Å². The third-order valence-electron chi connectivity index (χ3n) is 5.53. The van der Waals surface area contributed by atoms with Gasteiger partial charge in [0.25, 0.3) is 5.91 Å². The predicted octanol–water partition coefficient (Wildman–Crippen LogP) is 3.81. The van der Waals surface area contributed by atoms with E-state index in [9.17, 15) is 14.7 Å². The van der Waals surface area contributed by atoms with Gasteiger partial charge in [-0.25, -0.2) is 5.43 Å². The lowest BCUT2D eigenvalue weighted by molar-refractivity contribution is -0.136. The van der Waals surface area contributed by atoms with Gasteiger partial charge in [-0.15, -0.1) is 0 Å². The molecule has 6 nitrogen and oxygen atoms in total. The maximum Gasteiger partial charge on any atom is 0.281 e. The lowest BCUT2D eigenvalue weighted by atomic mass is 9.85. The number of aliphatic hydroxyl groups is 1. The molecule has 3 aromatic carbocycles. The lowest BCUT2D eigenvalue weighted by Crippen LogP contribution is -2.43. The molecule has 0 radical (unpaired) electrons. The second kappa shape index (κ2) is 9.16. The second-order valence-corrected chi connectivity index (χ2v) is 7.92. The number of benzene rings is 3. The number of hydrazone groups is 1. The van der Waals surface area contributed by atoms with Gasteiger partial charge in [0.05, 0.1) is 5.71 Å². The molecule has 3 N–H and O–H groups in total. The van der Waals surface area contributed by atoms with E-state index in [4.69, 9.17) is 0 Å². The molecule has 4 rings (SSSR count). The SMILES string of the molecule is CC(=NNC(=O)C(O)(c1ccccc1)c1ccccc1)c1cccc(NC(=O)C2CC2)c1. The summed E-state index contributed by atoms with van der Waals surface area (Å²) >= 11 is 0. The van der Waals surface area contributed by atoms with Crippen LogP contribution in [0.1, 0.15) is 36.5 Å². The van der Waals surface area contributed by atoms with Gasteiger partial charge in [0.1, 0.15) is 0 Å². The zero-order chi connectivity index (χ0) is 22.6. The molecular weight excluding hydrogens is 402 g/mol. The van der Waals surface area contributed by atoms with E-state index < -0.39 is 11.5 Å². The molecule has 0 bridgehead atoms. The molecule has 32 heavy (non-hydrogen) atoms. The maximum absolute atomic E-state index is 13.2. The van der Waals surface area contributed by atoms with E-state index in [1.807, 2.05) is 36.4 Å². The van der Waals surface area contributed by atoms with Gasteiger partial charge in [0.2, 0.25) is 5.91 Å². The van der Waals surface area contributed by atoms with Crippen LogP contribution in [0.15, 0.2) is 90.0 Å². The highest BCUT2D eigenvalue weighted by Gasteiger charge is 2.40. The summed E-state index contributed by atoms with van der Waals surface area (Å²) in [4.78, 5) is 25.2. The van der Waals surface area contributed by atoms with E-state index in [1.165, 1.54) is 0 Å². The largest absolute Gasteiger partial charge is 0.372 e. The monoisotopic (exact) mass is 427 g/mol. The zero-order valence-corrected chi connectivity index (χ0v) is 17.8. The van der Waals surface area contributed by atoms with Gasteiger partial charge in [-0.1, -0.05) is 72.8 Å². The van der Waals surface area contributed by atoms with Crippen molar-refractivity contribution in [2.75, 3.05) is 5.32 Å². The smallest absolute Gasteiger partial charge is 0.281 e. The number of nitrogens with zero attached hydrogens (tertiary/aromatic N) is 1. The molecule has 0 heterocycles. The Morgan fingerprint density at radius 3 is 2.06 bits per heavy atom. The van der Waals surface area contributed by atoms with Gasteiger partial charge in [0.15, 0.2) is 5.60 Å². The highest BCUT2D eigenvalue weighted by atomic mass is 16.3. The zero-order valence-electron chi connectivity index (χ0n) is 17.8. The van der Waals surface area contributed by atoms with Crippen LogP contribution < -0.4 is 10.7 Å². The van der Waals surface area contributed by atoms with Crippen molar-refractivity contribution in [2.24, 2.45) is 11.0 Å². The first kappa shape index (κ1) is 21.5. The number of carbonyl (C=O) groups excluding carboxylic acids is 2. The van der Waals surface area contributed by atoms with Crippen LogP contribution in [-0.4, -0.2) is 22.6 Å². The van der Waals surface area contributed by atoms with Crippen molar-refractivity contribution < 1.29 is 14.7 Å². The van der Waals surface area contributed by atoms with Crippen molar-refractivity contribution >= 4 is 23.2 Å². The van der Waals surface area contributed by atoms with Crippen molar-refractivity contribution in [3.63, 3.8) is 0 Å². The number of nitrogens with one attached hydrogen (secondary N) is 2. The van der Waals surface area contributed by atoms with Crippen LogP contribution >= 0.6 is 0 Å². The molecule has 1 aliphatic rings. The third-order valence-corrected chi connectivity index (χ3v) is 5.53. The average Bonchev–Trinajstić information content (AvgIpc) is 3.69. The second-order valence-electron chi connectivity index (χ2n) is 7.92. The van der Waals surface area contributed by atoms with E-state index in [1.54, 1.807) is 55.5 Å². The Balaban J connectivity index is 1.56. The fourth-order valence-electron chi connectivity index (χ4n) is 3.48. The molecule has 0 aromatic heterocycles. The van der Waals surface area contributed by atoms with Gasteiger partial charge in [-0.05, 0) is 48.6 Å². The Hall–Kier alpha value is -3.77. The molecule has 162 valence electrons. The number of carbonyl (C=O) groups is 2. The summed E-state index contributed by atoms with van der Waals surface area (Å²) in [5, 5.41) is 18.6. The molecule has 0 saturated heterocycles. The van der Waals surface area contributed by atoms with E-state index in [0.717, 1.165) is 18.4 Å².